The molecule has 2 aliphatic heterocycles. The summed E-state index contributed by atoms with van der Waals surface area (Å²) in [6.45, 7) is 6.16. The van der Waals surface area contributed by atoms with E-state index >= 15 is 0 Å². The van der Waals surface area contributed by atoms with E-state index in [1.54, 1.807) is 0 Å². The minimum atomic E-state index is -0.129. The first kappa shape index (κ1) is 20.2. The Morgan fingerprint density at radius 1 is 0.968 bits per heavy atom. The van der Waals surface area contributed by atoms with Crippen LogP contribution in [0.4, 0.5) is 0 Å². The molecule has 5 rings (SSSR count). The van der Waals surface area contributed by atoms with Crippen molar-refractivity contribution < 1.29 is 9.84 Å². The van der Waals surface area contributed by atoms with Crippen molar-refractivity contribution in [3.05, 3.63) is 77.7 Å². The molecule has 1 aromatic carbocycles. The van der Waals surface area contributed by atoms with Gasteiger partial charge >= 0.3 is 0 Å². The van der Waals surface area contributed by atoms with Gasteiger partial charge in [-0.05, 0) is 54.8 Å². The van der Waals surface area contributed by atoms with Gasteiger partial charge in [-0.15, -0.1) is 0 Å². The Balaban J connectivity index is 1.29. The topological polar surface area (TPSA) is 53.8 Å². The maximum Gasteiger partial charge on any atom is 0.136 e. The Hall–Kier alpha value is -2.67. The predicted molar refractivity (Wildman–Crippen MR) is 120 cm³/mol. The quantitative estimate of drug-likeness (QED) is 0.690. The first-order valence-electron chi connectivity index (χ1n) is 11.2. The lowest BCUT2D eigenvalue weighted by atomic mass is 10.1. The molecule has 0 aliphatic carbocycles. The molecule has 1 N–H and O–H groups in total. The van der Waals surface area contributed by atoms with Gasteiger partial charge in [-0.25, -0.2) is 4.98 Å². The average Bonchev–Trinajstić information content (AvgIpc) is 3.15. The van der Waals surface area contributed by atoms with Gasteiger partial charge in [0.05, 0.1) is 6.10 Å². The fourth-order valence-corrected chi connectivity index (χ4v) is 4.56. The minimum absolute atomic E-state index is 0.129. The van der Waals surface area contributed by atoms with Gasteiger partial charge in [0.2, 0.25) is 0 Å². The number of rotatable bonds is 5. The highest BCUT2D eigenvalue weighted by atomic mass is 16.5. The van der Waals surface area contributed by atoms with E-state index in [0.29, 0.717) is 6.61 Å². The second-order valence-corrected chi connectivity index (χ2v) is 8.57. The van der Waals surface area contributed by atoms with Crippen molar-refractivity contribution in [2.24, 2.45) is 0 Å². The van der Waals surface area contributed by atoms with Gasteiger partial charge in [0.1, 0.15) is 18.2 Å². The van der Waals surface area contributed by atoms with Crippen molar-refractivity contribution in [1.29, 1.82) is 0 Å². The molecule has 0 amide bonds. The third-order valence-electron chi connectivity index (χ3n) is 6.26. The number of piperidine rings is 1. The Morgan fingerprint density at radius 3 is 2.71 bits per heavy atom. The van der Waals surface area contributed by atoms with Gasteiger partial charge in [-0.2, -0.15) is 0 Å². The molecule has 2 aromatic heterocycles. The van der Waals surface area contributed by atoms with Crippen molar-refractivity contribution in [2.45, 2.75) is 38.6 Å². The van der Waals surface area contributed by atoms with Crippen molar-refractivity contribution in [2.75, 3.05) is 26.2 Å². The standard InChI is InChI=1S/C25H30N4O2/c30-23-8-12-27(13-9-23)17-20-6-7-24-21(16-20)18-28(14-15-31-24)19-22-4-3-11-29(22)25-5-1-2-10-26-25/h1-7,10-11,16,23,30H,8-9,12-15,17-19H2. The number of aromatic nitrogens is 2. The van der Waals surface area contributed by atoms with E-state index < -0.39 is 0 Å². The van der Waals surface area contributed by atoms with Crippen molar-refractivity contribution in [1.82, 2.24) is 19.4 Å². The molecule has 0 spiro atoms. The molecule has 0 saturated carbocycles. The zero-order chi connectivity index (χ0) is 21.0. The minimum Gasteiger partial charge on any atom is -0.492 e. The number of benzene rings is 1. The van der Waals surface area contributed by atoms with E-state index in [2.05, 4.69) is 55.9 Å². The van der Waals surface area contributed by atoms with Crippen LogP contribution in [0.25, 0.3) is 5.82 Å². The summed E-state index contributed by atoms with van der Waals surface area (Å²) in [6.07, 6.45) is 5.53. The first-order chi connectivity index (χ1) is 15.2. The van der Waals surface area contributed by atoms with Crippen molar-refractivity contribution >= 4 is 0 Å². The molecule has 3 aromatic rings. The number of aliphatic hydroxyl groups is 1. The van der Waals surface area contributed by atoms with E-state index in [1.807, 2.05) is 24.4 Å². The normalized spacial score (nSPS) is 18.4. The Labute approximate surface area is 183 Å². The third kappa shape index (κ3) is 4.82. The van der Waals surface area contributed by atoms with Crippen LogP contribution < -0.4 is 4.74 Å². The molecule has 0 unspecified atom stereocenters. The van der Waals surface area contributed by atoms with E-state index in [4.69, 9.17) is 4.74 Å². The van der Waals surface area contributed by atoms with Crippen LogP contribution >= 0.6 is 0 Å². The first-order valence-corrected chi connectivity index (χ1v) is 11.2. The van der Waals surface area contributed by atoms with E-state index in [0.717, 1.165) is 63.7 Å². The van der Waals surface area contributed by atoms with Crippen LogP contribution in [0.2, 0.25) is 0 Å². The highest BCUT2D eigenvalue weighted by Crippen LogP contribution is 2.26. The summed E-state index contributed by atoms with van der Waals surface area (Å²) >= 11 is 0. The lowest BCUT2D eigenvalue weighted by Gasteiger charge is -2.29. The fraction of sp³-hybridized carbons (Fsp3) is 0.400. The smallest absolute Gasteiger partial charge is 0.136 e. The van der Waals surface area contributed by atoms with Gasteiger partial charge in [0.25, 0.3) is 0 Å². The van der Waals surface area contributed by atoms with Crippen LogP contribution in [-0.2, 0) is 19.6 Å². The molecule has 0 atom stereocenters. The second-order valence-electron chi connectivity index (χ2n) is 8.57. The summed E-state index contributed by atoms with van der Waals surface area (Å²) in [5.41, 5.74) is 3.80. The molecule has 31 heavy (non-hydrogen) atoms. The van der Waals surface area contributed by atoms with Crippen LogP contribution in [0.3, 0.4) is 0 Å². The van der Waals surface area contributed by atoms with Crippen LogP contribution in [0.15, 0.2) is 60.9 Å². The average molecular weight is 419 g/mol. The molecule has 1 fully saturated rings. The zero-order valence-corrected chi connectivity index (χ0v) is 17.9. The van der Waals surface area contributed by atoms with Crippen LogP contribution in [0.5, 0.6) is 5.75 Å². The van der Waals surface area contributed by atoms with Gasteiger partial charge in [-0.1, -0.05) is 12.1 Å². The summed E-state index contributed by atoms with van der Waals surface area (Å²) in [6, 6.07) is 16.9. The highest BCUT2D eigenvalue weighted by Gasteiger charge is 2.20. The van der Waals surface area contributed by atoms with E-state index in [1.165, 1.54) is 16.8 Å². The molecule has 4 heterocycles. The Kier molecular flexibility index (Phi) is 6.02. The SMILES string of the molecule is OC1CCN(Cc2ccc3c(c2)CN(Cc2cccn2-c2ccccn2)CCO3)CC1. The summed E-state index contributed by atoms with van der Waals surface area (Å²) in [4.78, 5) is 9.38. The van der Waals surface area contributed by atoms with Crippen molar-refractivity contribution in [3.63, 3.8) is 0 Å². The maximum atomic E-state index is 9.75. The Bertz CT molecular complexity index is 996. The van der Waals surface area contributed by atoms with Crippen LogP contribution in [0, 0.1) is 0 Å². The molecular formula is C25H30N4O2. The zero-order valence-electron chi connectivity index (χ0n) is 17.9. The third-order valence-corrected chi connectivity index (χ3v) is 6.26. The summed E-state index contributed by atoms with van der Waals surface area (Å²) < 4.78 is 8.22. The second kappa shape index (κ2) is 9.22. The molecule has 6 nitrogen and oxygen atoms in total. The lowest BCUT2D eigenvalue weighted by Crippen LogP contribution is -2.35. The number of hydrogen-bond donors (Lipinski definition) is 1. The largest absolute Gasteiger partial charge is 0.492 e. The predicted octanol–water partition coefficient (Wildman–Crippen LogP) is 3.22. The molecule has 6 heteroatoms. The summed E-state index contributed by atoms with van der Waals surface area (Å²) in [5, 5.41) is 9.75. The number of hydrogen-bond acceptors (Lipinski definition) is 5. The van der Waals surface area contributed by atoms with Gasteiger partial charge < -0.3 is 14.4 Å². The highest BCUT2D eigenvalue weighted by molar-refractivity contribution is 5.38. The number of likely N-dealkylation sites (tertiary alicyclic amines) is 1. The van der Waals surface area contributed by atoms with E-state index in [-0.39, 0.29) is 6.10 Å². The maximum absolute atomic E-state index is 9.75. The lowest BCUT2D eigenvalue weighted by molar-refractivity contribution is 0.0792. The molecule has 0 radical (unpaired) electrons. The van der Waals surface area contributed by atoms with E-state index in [9.17, 15) is 5.11 Å². The molecule has 2 aliphatic rings. The molecular weight excluding hydrogens is 388 g/mol. The number of fused-ring (bicyclic) bond motifs is 1. The number of ether oxygens (including phenoxy) is 1. The van der Waals surface area contributed by atoms with Crippen LogP contribution in [-0.4, -0.2) is 56.8 Å². The van der Waals surface area contributed by atoms with Gasteiger partial charge in [-0.3, -0.25) is 9.80 Å². The molecule has 1 saturated heterocycles. The van der Waals surface area contributed by atoms with Gasteiger partial charge in [0, 0.05) is 62.9 Å². The molecule has 0 bridgehead atoms. The number of nitrogens with zero attached hydrogens (tertiary/aromatic N) is 4. The van der Waals surface area contributed by atoms with Crippen LogP contribution in [0.1, 0.15) is 29.7 Å². The van der Waals surface area contributed by atoms with Gasteiger partial charge in [0.15, 0.2) is 0 Å². The number of pyridine rings is 1. The molecule has 162 valence electrons. The monoisotopic (exact) mass is 418 g/mol. The number of aliphatic hydroxyl groups excluding tert-OH is 1. The fourth-order valence-electron chi connectivity index (χ4n) is 4.56. The Morgan fingerprint density at radius 2 is 1.87 bits per heavy atom. The summed E-state index contributed by atoms with van der Waals surface area (Å²) in [5.74, 6) is 1.95. The summed E-state index contributed by atoms with van der Waals surface area (Å²) in [7, 11) is 0. The van der Waals surface area contributed by atoms with Crippen molar-refractivity contribution in [3.8, 4) is 11.6 Å².